The van der Waals surface area contributed by atoms with Crippen LogP contribution in [0.1, 0.15) is 83.0 Å². The van der Waals surface area contributed by atoms with Crippen molar-refractivity contribution in [1.82, 2.24) is 78.1 Å². The average molecular weight is 1200 g/mol. The number of carbonyl (C=O) groups is 12. The van der Waals surface area contributed by atoms with Gasteiger partial charge in [0.1, 0.15) is 42.9 Å². The van der Waals surface area contributed by atoms with Crippen molar-refractivity contribution < 1.29 is 71.7 Å². The van der Waals surface area contributed by atoms with Crippen LogP contribution >= 0.6 is 11.8 Å². The summed E-state index contributed by atoms with van der Waals surface area (Å²) in [6, 6.07) is -8.69. The van der Waals surface area contributed by atoms with Crippen LogP contribution in [0.4, 0.5) is 4.79 Å². The number of hydrogen-bond donors (Lipinski definition) is 14. The molecule has 5 heterocycles. The van der Waals surface area contributed by atoms with E-state index in [1.165, 1.54) is 23.4 Å². The number of amides is 13. The molecule has 17 N–H and O–H groups in total. The lowest BCUT2D eigenvalue weighted by molar-refractivity contribution is -0.136. The number of primary amides is 3. The molecule has 2 fully saturated rings. The number of aromatic nitrogens is 5. The molecule has 0 aromatic carbocycles. The number of carbonyl (C=O) groups excluding carboxylic acids is 12. The van der Waals surface area contributed by atoms with Crippen molar-refractivity contribution in [3.63, 3.8) is 0 Å². The molecule has 2 saturated heterocycles. The van der Waals surface area contributed by atoms with Gasteiger partial charge < -0.3 is 89.6 Å². The maximum Gasteiger partial charge on any atom is 0.315 e. The van der Waals surface area contributed by atoms with E-state index in [1.54, 1.807) is 13.8 Å². The number of ether oxygens (including phenoxy) is 3. The number of nitrogens with zero attached hydrogens (tertiary/aromatic N) is 4. The number of aromatic amines is 1. The van der Waals surface area contributed by atoms with Crippen LogP contribution in [0.3, 0.4) is 0 Å². The number of thioether (sulfide) groups is 1. The highest BCUT2D eigenvalue weighted by molar-refractivity contribution is 8.00. The van der Waals surface area contributed by atoms with Crippen LogP contribution < -0.4 is 70.4 Å². The van der Waals surface area contributed by atoms with Crippen LogP contribution in [0.2, 0.25) is 0 Å². The van der Waals surface area contributed by atoms with Crippen LogP contribution in [-0.2, 0) is 86.3 Å². The summed E-state index contributed by atoms with van der Waals surface area (Å²) in [6.07, 6.45) is 5.91. The molecule has 33 nitrogen and oxygen atoms in total. The first kappa shape index (κ1) is 66.8. The topological polar surface area (TPSA) is 490 Å². The lowest BCUT2D eigenvalue weighted by Gasteiger charge is -2.27. The van der Waals surface area contributed by atoms with Crippen LogP contribution in [0.5, 0.6) is 0 Å². The van der Waals surface area contributed by atoms with E-state index in [9.17, 15) is 57.5 Å². The number of urea groups is 1. The van der Waals surface area contributed by atoms with E-state index >= 15 is 0 Å². The molecule has 84 heavy (non-hydrogen) atoms. The third kappa shape index (κ3) is 23.3. The van der Waals surface area contributed by atoms with Crippen molar-refractivity contribution in [1.29, 1.82) is 0 Å². The monoisotopic (exact) mass is 1200 g/mol. The van der Waals surface area contributed by atoms with E-state index in [2.05, 4.69) is 73.4 Å². The highest BCUT2D eigenvalue weighted by Crippen LogP contribution is 2.33. The Labute approximate surface area is 487 Å². The van der Waals surface area contributed by atoms with Crippen molar-refractivity contribution in [2.45, 2.75) is 145 Å². The van der Waals surface area contributed by atoms with Crippen molar-refractivity contribution in [3.8, 4) is 0 Å². The van der Waals surface area contributed by atoms with Crippen LogP contribution in [-0.4, -0.2) is 208 Å². The third-order valence-corrected chi connectivity index (χ3v) is 14.9. The molecule has 9 atom stereocenters. The minimum Gasteiger partial charge on any atom is -0.377 e. The number of H-pyrrole nitrogens is 1. The molecule has 464 valence electrons. The Hall–Kier alpha value is -7.98. The van der Waals surface area contributed by atoms with Gasteiger partial charge in [-0.05, 0) is 38.0 Å². The Kier molecular flexibility index (Phi) is 27.5. The molecular weight excluding hydrogens is 1120 g/mol. The van der Waals surface area contributed by atoms with Gasteiger partial charge in [0.15, 0.2) is 0 Å². The van der Waals surface area contributed by atoms with Gasteiger partial charge in [-0.1, -0.05) is 25.5 Å². The smallest absolute Gasteiger partial charge is 0.315 e. The predicted octanol–water partition coefficient (Wildman–Crippen LogP) is -6.22. The minimum absolute atomic E-state index is 0.0441. The van der Waals surface area contributed by atoms with E-state index in [4.69, 9.17) is 31.4 Å². The molecular formula is C50H78N18O15S. The van der Waals surface area contributed by atoms with Crippen molar-refractivity contribution in [3.05, 3.63) is 30.1 Å². The number of rotatable bonds is 25. The predicted molar refractivity (Wildman–Crippen MR) is 296 cm³/mol. The van der Waals surface area contributed by atoms with E-state index in [0.29, 0.717) is 36.8 Å². The zero-order chi connectivity index (χ0) is 61.1. The van der Waals surface area contributed by atoms with E-state index in [-0.39, 0.29) is 88.6 Å². The Bertz CT molecular complexity index is 2590. The van der Waals surface area contributed by atoms with Gasteiger partial charge in [0.05, 0.1) is 82.2 Å². The first-order valence-corrected chi connectivity index (χ1v) is 28.7. The number of imidazole rings is 1. The molecule has 34 heteroatoms. The number of aryl methyl sites for hydroxylation is 1. The third-order valence-electron chi connectivity index (χ3n) is 13.4. The van der Waals surface area contributed by atoms with Crippen molar-refractivity contribution in [2.75, 3.05) is 58.5 Å². The van der Waals surface area contributed by atoms with Crippen LogP contribution in [0.25, 0.3) is 0 Å². The first-order chi connectivity index (χ1) is 40.1. The maximum atomic E-state index is 14.0. The summed E-state index contributed by atoms with van der Waals surface area (Å²) in [5, 5.41) is 34.3. The van der Waals surface area contributed by atoms with E-state index in [0.717, 1.165) is 25.0 Å². The first-order valence-electron chi connectivity index (χ1n) is 27.6. The van der Waals surface area contributed by atoms with Crippen LogP contribution in [0.15, 0.2) is 18.7 Å². The second-order valence-corrected chi connectivity index (χ2v) is 21.8. The van der Waals surface area contributed by atoms with Gasteiger partial charge in [-0.15, -0.1) is 5.10 Å². The van der Waals surface area contributed by atoms with Gasteiger partial charge in [-0.2, -0.15) is 11.8 Å². The molecule has 2 aromatic rings. The van der Waals surface area contributed by atoms with Gasteiger partial charge in [-0.3, -0.25) is 57.4 Å². The summed E-state index contributed by atoms with van der Waals surface area (Å²) >= 11 is 1.84. The number of hydrogen-bond acceptors (Lipinski definition) is 19. The number of fused-ring (bicyclic) bond motifs is 3. The molecule has 0 aliphatic carbocycles. The summed E-state index contributed by atoms with van der Waals surface area (Å²) in [5.41, 5.74) is 17.1. The zero-order valence-corrected chi connectivity index (χ0v) is 47.7. The lowest BCUT2D eigenvalue weighted by atomic mass is 10.0. The molecule has 0 spiro atoms. The van der Waals surface area contributed by atoms with Gasteiger partial charge in [0, 0.05) is 55.7 Å². The number of nitrogens with two attached hydrogens (primary N) is 3. The molecule has 0 saturated carbocycles. The normalized spacial score (nSPS) is 24.1. The molecule has 0 radical (unpaired) electrons. The average Bonchev–Trinajstić information content (AvgIpc) is 4.39. The largest absolute Gasteiger partial charge is 0.377 e. The van der Waals surface area contributed by atoms with Gasteiger partial charge >= 0.3 is 6.03 Å². The number of nitrogens with one attached hydrogen (secondary N) is 11. The van der Waals surface area contributed by atoms with E-state index < -0.39 is 127 Å². The highest BCUT2D eigenvalue weighted by Gasteiger charge is 2.43. The van der Waals surface area contributed by atoms with E-state index in [1.807, 2.05) is 11.8 Å². The standard InChI is InChI=1S/C50H78N18O15S/c1-27(2)42-49(79)62-32(17-28-21-54-26-57-28)47(77)60-30(44(53)74)7-5-6-11-68-23-29(66-67-68)18-31(46(76)61-33(19-37(51)69)45(75)56-22-40(72)58-34(20-38(52)70)48(78)64-42)59-41(73)24-83-16-15-82-14-13-81-12-10-55-39(71)9-4-3-8-36-43-35(25-84-36)63-50(80)65-43/h21,23,26-27,30-36,42-43H,3-20,22,24-25H2,1-2H3,(H2,51,69)(H2,52,70)(H2,53,74)(H,54,57)(H,55,71)(H,56,75)(H,58,72)(H,59,73)(H,60,77)(H,61,76)(H,62,79)(H,64,78)(H2,63,65,80)/t30-,31-,32+,33+,34+,35+,36+,42+,43+/m0/s1. The SMILES string of the molecule is CC(C)[C@H]1NC(=O)[C@@H](CC(N)=O)NC(=O)CNC(=O)[C@@H](CC(N)=O)NC(=O)[C@@H](NC(=O)COCCOCCOCCNC(=O)CCCC[C@H]2SC[C@H]3NC(=O)N[C@H]32)Cc2cn(nn2)CCCC[C@@H](C(N)=O)NC(=O)[C@@H](Cc2c[nH]cn2)NC1=O. The second-order valence-electron chi connectivity index (χ2n) is 20.5. The van der Waals surface area contributed by atoms with Crippen molar-refractivity contribution in [2.24, 2.45) is 23.1 Å². The van der Waals surface area contributed by atoms with Crippen LogP contribution in [0, 0.1) is 5.92 Å². The Morgan fingerprint density at radius 1 is 0.762 bits per heavy atom. The maximum absolute atomic E-state index is 14.0. The quantitative estimate of drug-likeness (QED) is 0.0325. The molecule has 0 unspecified atom stereocenters. The summed E-state index contributed by atoms with van der Waals surface area (Å²) < 4.78 is 17.9. The molecule has 13 amide bonds. The highest BCUT2D eigenvalue weighted by atomic mass is 32.2. The molecule has 2 bridgehead atoms. The Morgan fingerprint density at radius 2 is 1.45 bits per heavy atom. The number of unbranched alkanes of at least 4 members (excludes halogenated alkanes) is 1. The molecule has 3 aliphatic rings. The van der Waals surface area contributed by atoms with Gasteiger partial charge in [-0.25, -0.2) is 9.78 Å². The zero-order valence-electron chi connectivity index (χ0n) is 46.9. The minimum atomic E-state index is -1.72. The van der Waals surface area contributed by atoms with Gasteiger partial charge in [0.2, 0.25) is 65.0 Å². The molecule has 5 rings (SSSR count). The fourth-order valence-electron chi connectivity index (χ4n) is 9.11. The summed E-state index contributed by atoms with van der Waals surface area (Å²) in [6.45, 7) is 2.91. The molecule has 3 aliphatic heterocycles. The Balaban J connectivity index is 1.16. The molecule has 2 aromatic heterocycles. The second kappa shape index (κ2) is 34.6. The summed E-state index contributed by atoms with van der Waals surface area (Å²) in [4.78, 5) is 163. The van der Waals surface area contributed by atoms with Crippen molar-refractivity contribution >= 4 is 82.8 Å². The fourth-order valence-corrected chi connectivity index (χ4v) is 10.6. The summed E-state index contributed by atoms with van der Waals surface area (Å²) in [5.74, 6) is -9.47. The summed E-state index contributed by atoms with van der Waals surface area (Å²) in [7, 11) is 0. The Morgan fingerprint density at radius 3 is 2.14 bits per heavy atom. The fraction of sp³-hybridized carbons (Fsp3) is 0.660. The van der Waals surface area contributed by atoms with Gasteiger partial charge in [0.25, 0.3) is 0 Å². The lowest BCUT2D eigenvalue weighted by Crippen LogP contribution is -2.60.